The van der Waals surface area contributed by atoms with Crippen LogP contribution in [-0.4, -0.2) is 41.6 Å². The van der Waals surface area contributed by atoms with Crippen LogP contribution < -0.4 is 14.8 Å². The fraction of sp³-hybridized carbons (Fsp3) is 0.538. The molecule has 0 bridgehead atoms. The molecule has 0 heterocycles. The van der Waals surface area contributed by atoms with Crippen molar-refractivity contribution < 1.29 is 18.8 Å². The van der Waals surface area contributed by atoms with E-state index in [-0.39, 0.29) is 5.75 Å². The molecule has 0 aliphatic rings. The number of phenolic OH excluding ortho intramolecular Hbond substituents is 1. The normalized spacial score (nSPS) is 12.2. The van der Waals surface area contributed by atoms with Crippen molar-refractivity contribution in [2.45, 2.75) is 13.5 Å². The number of rotatable bonds is 8. The standard InChI is InChI=1S/C13H21NO4S/c1-4-19(16)6-5-14-9-10-7-11(17-2)13(15)12(8-10)18-3/h7-8,14-15H,4-6,9H2,1-3H3. The number of nitrogens with one attached hydrogen (secondary N) is 1. The van der Waals surface area contributed by atoms with Crippen LogP contribution in [0.1, 0.15) is 12.5 Å². The molecular weight excluding hydrogens is 266 g/mol. The predicted octanol–water partition coefficient (Wildman–Crippen LogP) is 1.27. The average molecular weight is 287 g/mol. The third kappa shape index (κ3) is 4.72. The molecule has 0 aromatic heterocycles. The molecule has 1 aromatic carbocycles. The SMILES string of the molecule is CCS(=O)CCNCc1cc(OC)c(O)c(OC)c1. The van der Waals surface area contributed by atoms with Crippen molar-refractivity contribution >= 4 is 10.8 Å². The Balaban J connectivity index is 2.61. The highest BCUT2D eigenvalue weighted by Crippen LogP contribution is 2.36. The third-order valence-electron chi connectivity index (χ3n) is 2.70. The fourth-order valence-corrected chi connectivity index (χ4v) is 2.27. The van der Waals surface area contributed by atoms with Gasteiger partial charge in [0.25, 0.3) is 0 Å². The number of aromatic hydroxyl groups is 1. The summed E-state index contributed by atoms with van der Waals surface area (Å²) in [5.74, 6) is 2.09. The first kappa shape index (κ1) is 15.8. The molecule has 0 aliphatic heterocycles. The van der Waals surface area contributed by atoms with Gasteiger partial charge in [0.1, 0.15) is 0 Å². The summed E-state index contributed by atoms with van der Waals surface area (Å²) in [5.41, 5.74) is 0.939. The highest BCUT2D eigenvalue weighted by atomic mass is 32.2. The molecule has 1 unspecified atom stereocenters. The summed E-state index contributed by atoms with van der Waals surface area (Å²) < 4.78 is 21.4. The Hall–Kier alpha value is -1.27. The topological polar surface area (TPSA) is 67.8 Å². The van der Waals surface area contributed by atoms with Crippen molar-refractivity contribution in [1.29, 1.82) is 0 Å². The predicted molar refractivity (Wildman–Crippen MR) is 76.5 cm³/mol. The first-order valence-corrected chi connectivity index (χ1v) is 7.60. The van der Waals surface area contributed by atoms with Crippen molar-refractivity contribution in [1.82, 2.24) is 5.32 Å². The summed E-state index contributed by atoms with van der Waals surface area (Å²) in [4.78, 5) is 0. The molecule has 2 N–H and O–H groups in total. The number of methoxy groups -OCH3 is 2. The van der Waals surface area contributed by atoms with Crippen LogP contribution in [0.25, 0.3) is 0 Å². The van der Waals surface area contributed by atoms with Gasteiger partial charge in [0, 0.05) is 35.4 Å². The molecule has 6 heteroatoms. The Morgan fingerprint density at radius 2 is 1.84 bits per heavy atom. The molecule has 0 amide bonds. The summed E-state index contributed by atoms with van der Waals surface area (Å²) in [6.45, 7) is 3.20. The van der Waals surface area contributed by atoms with Crippen molar-refractivity contribution in [3.8, 4) is 17.2 Å². The van der Waals surface area contributed by atoms with Gasteiger partial charge in [-0.15, -0.1) is 0 Å². The number of phenols is 1. The minimum atomic E-state index is -0.752. The van der Waals surface area contributed by atoms with Gasteiger partial charge in [0.05, 0.1) is 14.2 Å². The van der Waals surface area contributed by atoms with E-state index in [0.717, 1.165) is 5.56 Å². The molecule has 19 heavy (non-hydrogen) atoms. The van der Waals surface area contributed by atoms with Crippen LogP contribution in [0.3, 0.4) is 0 Å². The molecule has 0 radical (unpaired) electrons. The van der Waals surface area contributed by atoms with Gasteiger partial charge in [-0.25, -0.2) is 0 Å². The Morgan fingerprint density at radius 1 is 1.26 bits per heavy atom. The lowest BCUT2D eigenvalue weighted by Gasteiger charge is -2.11. The minimum Gasteiger partial charge on any atom is -0.502 e. The molecule has 5 nitrogen and oxygen atoms in total. The summed E-state index contributed by atoms with van der Waals surface area (Å²) >= 11 is 0. The number of hydrogen-bond donors (Lipinski definition) is 2. The molecule has 0 saturated heterocycles. The quantitative estimate of drug-likeness (QED) is 0.705. The van der Waals surface area contributed by atoms with E-state index < -0.39 is 10.8 Å². The molecule has 1 aromatic rings. The molecular formula is C13H21NO4S. The van der Waals surface area contributed by atoms with Gasteiger partial charge in [-0.2, -0.15) is 0 Å². The van der Waals surface area contributed by atoms with E-state index in [4.69, 9.17) is 9.47 Å². The van der Waals surface area contributed by atoms with E-state index in [9.17, 15) is 9.32 Å². The van der Waals surface area contributed by atoms with Crippen LogP contribution in [0.5, 0.6) is 17.2 Å². The van der Waals surface area contributed by atoms with Gasteiger partial charge >= 0.3 is 0 Å². The van der Waals surface area contributed by atoms with Crippen molar-refractivity contribution in [3.05, 3.63) is 17.7 Å². The lowest BCUT2D eigenvalue weighted by Crippen LogP contribution is -2.20. The Labute approximate surface area is 116 Å². The summed E-state index contributed by atoms with van der Waals surface area (Å²) in [7, 11) is 2.24. The largest absolute Gasteiger partial charge is 0.502 e. The van der Waals surface area contributed by atoms with E-state index in [1.807, 2.05) is 6.92 Å². The highest BCUT2D eigenvalue weighted by molar-refractivity contribution is 7.84. The van der Waals surface area contributed by atoms with Gasteiger partial charge in [-0.05, 0) is 17.7 Å². The van der Waals surface area contributed by atoms with Crippen LogP contribution in [0.4, 0.5) is 0 Å². The van der Waals surface area contributed by atoms with Crippen LogP contribution >= 0.6 is 0 Å². The Morgan fingerprint density at radius 3 is 2.32 bits per heavy atom. The summed E-state index contributed by atoms with van der Waals surface area (Å²) in [6, 6.07) is 3.50. The summed E-state index contributed by atoms with van der Waals surface area (Å²) in [6.07, 6.45) is 0. The van der Waals surface area contributed by atoms with E-state index in [1.165, 1.54) is 14.2 Å². The highest BCUT2D eigenvalue weighted by Gasteiger charge is 2.10. The zero-order valence-electron chi connectivity index (χ0n) is 11.6. The van der Waals surface area contributed by atoms with E-state index in [1.54, 1.807) is 12.1 Å². The van der Waals surface area contributed by atoms with Gasteiger partial charge in [-0.1, -0.05) is 6.92 Å². The summed E-state index contributed by atoms with van der Waals surface area (Å²) in [5, 5.41) is 13.0. The van der Waals surface area contributed by atoms with E-state index >= 15 is 0 Å². The molecule has 0 aliphatic carbocycles. The number of benzene rings is 1. The molecule has 1 rings (SSSR count). The first-order chi connectivity index (χ1) is 9.12. The second-order valence-electron chi connectivity index (χ2n) is 3.96. The van der Waals surface area contributed by atoms with Crippen LogP contribution in [0.15, 0.2) is 12.1 Å². The zero-order chi connectivity index (χ0) is 14.3. The Kier molecular flexibility index (Phi) is 6.66. The third-order valence-corrected chi connectivity index (χ3v) is 4.00. The Bertz CT molecular complexity index is 412. The fourth-order valence-electron chi connectivity index (χ4n) is 1.61. The lowest BCUT2D eigenvalue weighted by molar-refractivity contribution is 0.339. The number of ether oxygens (including phenoxy) is 2. The van der Waals surface area contributed by atoms with Crippen molar-refractivity contribution in [2.75, 3.05) is 32.3 Å². The molecule has 1 atom stereocenters. The van der Waals surface area contributed by atoms with Gasteiger partial charge < -0.3 is 19.9 Å². The van der Waals surface area contributed by atoms with Crippen molar-refractivity contribution in [3.63, 3.8) is 0 Å². The van der Waals surface area contributed by atoms with Gasteiger partial charge in [-0.3, -0.25) is 4.21 Å². The van der Waals surface area contributed by atoms with E-state index in [2.05, 4.69) is 5.32 Å². The first-order valence-electron chi connectivity index (χ1n) is 6.11. The smallest absolute Gasteiger partial charge is 0.200 e. The maximum absolute atomic E-state index is 11.3. The van der Waals surface area contributed by atoms with Crippen LogP contribution in [0, 0.1) is 0 Å². The molecule has 0 spiro atoms. The maximum atomic E-state index is 11.3. The zero-order valence-corrected chi connectivity index (χ0v) is 12.4. The second-order valence-corrected chi connectivity index (χ2v) is 5.82. The van der Waals surface area contributed by atoms with Crippen LogP contribution in [-0.2, 0) is 17.3 Å². The monoisotopic (exact) mass is 287 g/mol. The average Bonchev–Trinajstić information content (AvgIpc) is 2.44. The van der Waals surface area contributed by atoms with Crippen molar-refractivity contribution in [2.24, 2.45) is 0 Å². The molecule has 0 saturated carbocycles. The maximum Gasteiger partial charge on any atom is 0.200 e. The minimum absolute atomic E-state index is 0.000775. The number of hydrogen-bond acceptors (Lipinski definition) is 5. The van der Waals surface area contributed by atoms with E-state index in [0.29, 0.717) is 36.1 Å². The molecule has 108 valence electrons. The lowest BCUT2D eigenvalue weighted by atomic mass is 10.2. The molecule has 0 fully saturated rings. The van der Waals surface area contributed by atoms with Gasteiger partial charge in [0.2, 0.25) is 5.75 Å². The van der Waals surface area contributed by atoms with Crippen LogP contribution in [0.2, 0.25) is 0 Å². The van der Waals surface area contributed by atoms with Gasteiger partial charge in [0.15, 0.2) is 11.5 Å². The second kappa shape index (κ2) is 8.01.